The zero-order chi connectivity index (χ0) is 13.0. The summed E-state index contributed by atoms with van der Waals surface area (Å²) in [7, 11) is 0. The van der Waals surface area contributed by atoms with E-state index in [1.807, 2.05) is 27.7 Å². The number of rotatable bonds is 4. The summed E-state index contributed by atoms with van der Waals surface area (Å²) in [6.07, 6.45) is 0.956. The van der Waals surface area contributed by atoms with Crippen LogP contribution >= 0.6 is 0 Å². The molecule has 94 valence electrons. The van der Waals surface area contributed by atoms with Crippen LogP contribution in [0.2, 0.25) is 0 Å². The number of aryl methyl sites for hydroxylation is 2. The van der Waals surface area contributed by atoms with Crippen LogP contribution < -0.4 is 10.5 Å². The van der Waals surface area contributed by atoms with Gasteiger partial charge in [0.25, 0.3) is 0 Å². The molecule has 1 atom stereocenters. The van der Waals surface area contributed by atoms with E-state index in [1.54, 1.807) is 6.07 Å². The maximum Gasteiger partial charge on any atom is 0.175 e. The van der Waals surface area contributed by atoms with Gasteiger partial charge in [0.2, 0.25) is 0 Å². The zero-order valence-electron chi connectivity index (χ0n) is 10.7. The van der Waals surface area contributed by atoms with Crippen LogP contribution in [0.5, 0.6) is 5.75 Å². The van der Waals surface area contributed by atoms with E-state index >= 15 is 0 Å². The number of pyridine rings is 1. The quantitative estimate of drug-likeness (QED) is 0.363. The van der Waals surface area contributed by atoms with Crippen molar-refractivity contribution in [3.63, 3.8) is 0 Å². The molecule has 1 rings (SSSR count). The minimum Gasteiger partial charge on any atom is -0.490 e. The Labute approximate surface area is 101 Å². The second kappa shape index (κ2) is 5.52. The van der Waals surface area contributed by atoms with Crippen molar-refractivity contribution in [2.45, 2.75) is 40.2 Å². The Bertz CT molecular complexity index is 430. The summed E-state index contributed by atoms with van der Waals surface area (Å²) < 4.78 is 5.77. The van der Waals surface area contributed by atoms with Crippen molar-refractivity contribution in [1.29, 1.82) is 0 Å². The van der Waals surface area contributed by atoms with Gasteiger partial charge in [-0.15, -0.1) is 0 Å². The van der Waals surface area contributed by atoms with Gasteiger partial charge in [-0.25, -0.2) is 0 Å². The van der Waals surface area contributed by atoms with Crippen LogP contribution in [0.1, 0.15) is 37.2 Å². The number of nitrogens with zero attached hydrogens (tertiary/aromatic N) is 2. The minimum absolute atomic E-state index is 0.0216. The number of hydrogen-bond donors (Lipinski definition) is 2. The highest BCUT2D eigenvalue weighted by molar-refractivity contribution is 6.00. The summed E-state index contributed by atoms with van der Waals surface area (Å²) in [6, 6.07) is 1.80. The van der Waals surface area contributed by atoms with Crippen LogP contribution in [-0.4, -0.2) is 22.1 Å². The summed E-state index contributed by atoms with van der Waals surface area (Å²) >= 11 is 0. The highest BCUT2D eigenvalue weighted by Gasteiger charge is 2.15. The van der Waals surface area contributed by atoms with Crippen LogP contribution in [0.4, 0.5) is 0 Å². The van der Waals surface area contributed by atoms with Crippen LogP contribution in [0.15, 0.2) is 11.2 Å². The van der Waals surface area contributed by atoms with Gasteiger partial charge >= 0.3 is 0 Å². The fraction of sp³-hybridized carbons (Fsp3) is 0.500. The molecule has 0 radical (unpaired) electrons. The maximum absolute atomic E-state index is 8.78. The molecule has 0 bridgehead atoms. The van der Waals surface area contributed by atoms with E-state index in [1.165, 1.54) is 0 Å². The molecule has 0 amide bonds. The molecule has 0 aliphatic rings. The van der Waals surface area contributed by atoms with Crippen molar-refractivity contribution in [3.8, 4) is 5.75 Å². The molecule has 17 heavy (non-hydrogen) atoms. The highest BCUT2D eigenvalue weighted by Crippen LogP contribution is 2.23. The monoisotopic (exact) mass is 237 g/mol. The predicted octanol–water partition coefficient (Wildman–Crippen LogP) is 1.97. The van der Waals surface area contributed by atoms with Gasteiger partial charge in [-0.2, -0.15) is 0 Å². The van der Waals surface area contributed by atoms with E-state index in [9.17, 15) is 0 Å². The molecule has 1 heterocycles. The van der Waals surface area contributed by atoms with E-state index in [0.717, 1.165) is 12.1 Å². The molecule has 0 spiro atoms. The SMILES string of the molecule is CCC(C)Oc1cc(C)nc(C)c1/C(N)=N/O. The molecule has 0 saturated carbocycles. The molecular formula is C12H19N3O2. The van der Waals surface area contributed by atoms with E-state index in [2.05, 4.69) is 10.1 Å². The molecule has 3 N–H and O–H groups in total. The lowest BCUT2D eigenvalue weighted by Gasteiger charge is -2.17. The Balaban J connectivity index is 3.25. The standard InChI is InChI=1S/C12H19N3O2/c1-5-8(3)17-10-6-7(2)14-9(4)11(10)12(13)15-16/h6,8,16H,5H2,1-4H3,(H2,13,15). The lowest BCUT2D eigenvalue weighted by atomic mass is 10.1. The van der Waals surface area contributed by atoms with Gasteiger partial charge in [-0.3, -0.25) is 4.98 Å². The second-order valence-corrected chi connectivity index (χ2v) is 4.04. The molecule has 0 aliphatic heterocycles. The van der Waals surface area contributed by atoms with Crippen LogP contribution in [-0.2, 0) is 0 Å². The average Bonchev–Trinajstić information content (AvgIpc) is 2.27. The number of amidine groups is 1. The number of oxime groups is 1. The molecule has 5 nitrogen and oxygen atoms in total. The molecule has 1 unspecified atom stereocenters. The third-order valence-corrected chi connectivity index (χ3v) is 2.56. The summed E-state index contributed by atoms with van der Waals surface area (Å²) in [5.74, 6) is 0.632. The van der Waals surface area contributed by atoms with Crippen molar-refractivity contribution >= 4 is 5.84 Å². The zero-order valence-corrected chi connectivity index (χ0v) is 10.7. The van der Waals surface area contributed by atoms with Gasteiger partial charge in [0.1, 0.15) is 5.75 Å². The van der Waals surface area contributed by atoms with Crippen LogP contribution in [0.3, 0.4) is 0 Å². The van der Waals surface area contributed by atoms with E-state index in [4.69, 9.17) is 15.7 Å². The fourth-order valence-electron chi connectivity index (χ4n) is 1.55. The van der Waals surface area contributed by atoms with Crippen molar-refractivity contribution < 1.29 is 9.94 Å². The Hall–Kier alpha value is -1.78. The van der Waals surface area contributed by atoms with Gasteiger partial charge in [-0.1, -0.05) is 12.1 Å². The number of nitrogens with two attached hydrogens (primary N) is 1. The number of ether oxygens (including phenoxy) is 1. The number of aromatic nitrogens is 1. The normalized spacial score (nSPS) is 13.5. The van der Waals surface area contributed by atoms with Gasteiger partial charge in [0.05, 0.1) is 17.4 Å². The molecule has 5 heteroatoms. The molecule has 0 fully saturated rings. The largest absolute Gasteiger partial charge is 0.490 e. The van der Waals surface area contributed by atoms with Crippen LogP contribution in [0.25, 0.3) is 0 Å². The Morgan fingerprint density at radius 2 is 2.24 bits per heavy atom. The van der Waals surface area contributed by atoms with Gasteiger partial charge in [0.15, 0.2) is 5.84 Å². The topological polar surface area (TPSA) is 80.7 Å². The van der Waals surface area contributed by atoms with Gasteiger partial charge < -0.3 is 15.7 Å². The van der Waals surface area contributed by atoms with Gasteiger partial charge in [-0.05, 0) is 27.2 Å². The first-order chi connectivity index (χ1) is 7.99. The third-order valence-electron chi connectivity index (χ3n) is 2.56. The minimum atomic E-state index is 0.0216. The maximum atomic E-state index is 8.78. The summed E-state index contributed by atoms with van der Waals surface area (Å²) in [6.45, 7) is 7.70. The lowest BCUT2D eigenvalue weighted by molar-refractivity contribution is 0.216. The summed E-state index contributed by atoms with van der Waals surface area (Å²) in [5.41, 5.74) is 7.73. The van der Waals surface area contributed by atoms with Crippen molar-refractivity contribution in [2.24, 2.45) is 10.9 Å². The summed E-state index contributed by atoms with van der Waals surface area (Å²) in [4.78, 5) is 4.28. The van der Waals surface area contributed by atoms with Crippen molar-refractivity contribution in [3.05, 3.63) is 23.0 Å². The molecule has 0 aliphatic carbocycles. The molecule has 1 aromatic heterocycles. The third kappa shape index (κ3) is 3.09. The van der Waals surface area contributed by atoms with E-state index < -0.39 is 0 Å². The average molecular weight is 237 g/mol. The first kappa shape index (κ1) is 13.3. The smallest absolute Gasteiger partial charge is 0.175 e. The highest BCUT2D eigenvalue weighted by atomic mass is 16.5. The lowest BCUT2D eigenvalue weighted by Crippen LogP contribution is -2.20. The van der Waals surface area contributed by atoms with Crippen LogP contribution in [0, 0.1) is 13.8 Å². The van der Waals surface area contributed by atoms with Gasteiger partial charge in [0, 0.05) is 11.8 Å². The van der Waals surface area contributed by atoms with E-state index in [0.29, 0.717) is 17.0 Å². The van der Waals surface area contributed by atoms with Crippen molar-refractivity contribution in [1.82, 2.24) is 4.98 Å². The first-order valence-electron chi connectivity index (χ1n) is 5.62. The Kier molecular flexibility index (Phi) is 4.31. The Morgan fingerprint density at radius 1 is 1.59 bits per heavy atom. The second-order valence-electron chi connectivity index (χ2n) is 4.04. The van der Waals surface area contributed by atoms with Crippen molar-refractivity contribution in [2.75, 3.05) is 0 Å². The number of hydrogen-bond acceptors (Lipinski definition) is 4. The fourth-order valence-corrected chi connectivity index (χ4v) is 1.55. The molecule has 0 saturated heterocycles. The molecule has 1 aromatic rings. The first-order valence-corrected chi connectivity index (χ1v) is 5.62. The van der Waals surface area contributed by atoms with E-state index in [-0.39, 0.29) is 11.9 Å². The predicted molar refractivity (Wildman–Crippen MR) is 66.6 cm³/mol. The Morgan fingerprint density at radius 3 is 2.76 bits per heavy atom. The molecule has 0 aromatic carbocycles. The molecular weight excluding hydrogens is 218 g/mol. The summed E-state index contributed by atoms with van der Waals surface area (Å²) in [5, 5.41) is 11.8.